The average Bonchev–Trinajstić information content (AvgIpc) is 2.87. The van der Waals surface area contributed by atoms with E-state index in [1.807, 2.05) is 12.1 Å². The molecule has 0 radical (unpaired) electrons. The van der Waals surface area contributed by atoms with Gasteiger partial charge in [-0.2, -0.15) is 0 Å². The second-order valence-electron chi connectivity index (χ2n) is 5.39. The van der Waals surface area contributed by atoms with Crippen LogP contribution in [0.25, 0.3) is 0 Å². The zero-order valence-corrected chi connectivity index (χ0v) is 11.3. The Hall–Kier alpha value is -0.960. The van der Waals surface area contributed by atoms with E-state index >= 15 is 0 Å². The number of anilines is 1. The molecule has 1 saturated carbocycles. The summed E-state index contributed by atoms with van der Waals surface area (Å²) in [5.41, 5.74) is 0. The first-order valence-corrected chi connectivity index (χ1v) is 7.31. The van der Waals surface area contributed by atoms with Crippen molar-refractivity contribution in [2.24, 2.45) is 5.92 Å². The number of hydrogen-bond donors (Lipinski definition) is 2. The van der Waals surface area contributed by atoms with Crippen LogP contribution in [0.2, 0.25) is 0 Å². The Labute approximate surface area is 110 Å². The van der Waals surface area contributed by atoms with Crippen molar-refractivity contribution in [1.82, 2.24) is 0 Å². The fraction of sp³-hybridized carbons (Fsp3) is 0.733. The summed E-state index contributed by atoms with van der Waals surface area (Å²) in [5, 5.41) is 13.2. The second kappa shape index (κ2) is 6.83. The summed E-state index contributed by atoms with van der Waals surface area (Å²) >= 11 is 0. The van der Waals surface area contributed by atoms with Crippen molar-refractivity contribution in [3.8, 4) is 0 Å². The molecule has 2 rings (SSSR count). The lowest BCUT2D eigenvalue weighted by atomic mass is 9.89. The SMILES string of the molecule is CCCC(O)c1ccc(NCC2CCCCC2)o1. The summed E-state index contributed by atoms with van der Waals surface area (Å²) in [5.74, 6) is 2.27. The van der Waals surface area contributed by atoms with Gasteiger partial charge in [0.2, 0.25) is 0 Å². The molecular weight excluding hydrogens is 226 g/mol. The lowest BCUT2D eigenvalue weighted by Crippen LogP contribution is -2.16. The first-order chi connectivity index (χ1) is 8.79. The molecule has 2 N–H and O–H groups in total. The smallest absolute Gasteiger partial charge is 0.193 e. The lowest BCUT2D eigenvalue weighted by Gasteiger charge is -2.21. The third-order valence-corrected chi connectivity index (χ3v) is 3.81. The normalized spacial score (nSPS) is 18.8. The maximum atomic E-state index is 9.83. The topological polar surface area (TPSA) is 45.4 Å². The predicted molar refractivity (Wildman–Crippen MR) is 73.6 cm³/mol. The van der Waals surface area contributed by atoms with Gasteiger partial charge in [-0.15, -0.1) is 0 Å². The van der Waals surface area contributed by atoms with Crippen LogP contribution in [0.1, 0.15) is 63.7 Å². The van der Waals surface area contributed by atoms with Gasteiger partial charge in [0.1, 0.15) is 11.9 Å². The van der Waals surface area contributed by atoms with E-state index in [4.69, 9.17) is 4.42 Å². The van der Waals surface area contributed by atoms with Gasteiger partial charge in [0, 0.05) is 12.6 Å². The molecule has 1 aliphatic rings. The molecule has 1 aromatic heterocycles. The molecule has 0 aromatic carbocycles. The molecule has 0 aliphatic heterocycles. The maximum absolute atomic E-state index is 9.83. The van der Waals surface area contributed by atoms with E-state index in [0.717, 1.165) is 31.2 Å². The molecule has 1 fully saturated rings. The Morgan fingerprint density at radius 2 is 2.11 bits per heavy atom. The largest absolute Gasteiger partial charge is 0.443 e. The highest BCUT2D eigenvalue weighted by atomic mass is 16.4. The van der Waals surface area contributed by atoms with Gasteiger partial charge in [0.05, 0.1) is 0 Å². The zero-order valence-electron chi connectivity index (χ0n) is 11.3. The fourth-order valence-corrected chi connectivity index (χ4v) is 2.68. The number of aliphatic hydroxyl groups excluding tert-OH is 1. The van der Waals surface area contributed by atoms with Crippen molar-refractivity contribution < 1.29 is 9.52 Å². The molecule has 1 atom stereocenters. The average molecular weight is 251 g/mol. The highest BCUT2D eigenvalue weighted by Crippen LogP contribution is 2.26. The van der Waals surface area contributed by atoms with Crippen molar-refractivity contribution in [2.75, 3.05) is 11.9 Å². The van der Waals surface area contributed by atoms with E-state index in [2.05, 4.69) is 12.2 Å². The van der Waals surface area contributed by atoms with Gasteiger partial charge >= 0.3 is 0 Å². The summed E-state index contributed by atoms with van der Waals surface area (Å²) in [7, 11) is 0. The van der Waals surface area contributed by atoms with Gasteiger partial charge in [-0.05, 0) is 31.2 Å². The summed E-state index contributed by atoms with van der Waals surface area (Å²) < 4.78 is 5.63. The lowest BCUT2D eigenvalue weighted by molar-refractivity contribution is 0.140. The number of hydrogen-bond acceptors (Lipinski definition) is 3. The Bertz CT molecular complexity index is 342. The van der Waals surface area contributed by atoms with E-state index < -0.39 is 6.10 Å². The number of nitrogens with one attached hydrogen (secondary N) is 1. The molecule has 3 nitrogen and oxygen atoms in total. The molecule has 0 saturated heterocycles. The third-order valence-electron chi connectivity index (χ3n) is 3.81. The monoisotopic (exact) mass is 251 g/mol. The van der Waals surface area contributed by atoms with Crippen molar-refractivity contribution in [2.45, 2.75) is 58.0 Å². The minimum absolute atomic E-state index is 0.458. The van der Waals surface area contributed by atoms with Crippen molar-refractivity contribution in [3.05, 3.63) is 17.9 Å². The first kappa shape index (κ1) is 13.5. The third kappa shape index (κ3) is 3.77. The minimum Gasteiger partial charge on any atom is -0.443 e. The molecule has 0 bridgehead atoms. The molecule has 0 amide bonds. The molecule has 1 aromatic rings. The number of aliphatic hydroxyl groups is 1. The summed E-state index contributed by atoms with van der Waals surface area (Å²) in [6.07, 6.45) is 8.06. The molecular formula is C15H25NO2. The van der Waals surface area contributed by atoms with Crippen LogP contribution in [0.4, 0.5) is 5.88 Å². The molecule has 1 aliphatic carbocycles. The predicted octanol–water partition coefficient (Wildman–Crippen LogP) is 4.11. The van der Waals surface area contributed by atoms with Crippen LogP contribution >= 0.6 is 0 Å². The summed E-state index contributed by atoms with van der Waals surface area (Å²) in [6.45, 7) is 3.06. The van der Waals surface area contributed by atoms with Crippen LogP contribution < -0.4 is 5.32 Å². The quantitative estimate of drug-likeness (QED) is 0.800. The molecule has 3 heteroatoms. The van der Waals surface area contributed by atoms with Crippen LogP contribution in [-0.2, 0) is 0 Å². The molecule has 1 heterocycles. The van der Waals surface area contributed by atoms with Crippen LogP contribution in [0, 0.1) is 5.92 Å². The molecule has 1 unspecified atom stereocenters. The zero-order chi connectivity index (χ0) is 12.8. The fourth-order valence-electron chi connectivity index (χ4n) is 2.68. The van der Waals surface area contributed by atoms with Crippen molar-refractivity contribution in [3.63, 3.8) is 0 Å². The van der Waals surface area contributed by atoms with Gasteiger partial charge in [-0.3, -0.25) is 0 Å². The van der Waals surface area contributed by atoms with Crippen LogP contribution in [0.3, 0.4) is 0 Å². The van der Waals surface area contributed by atoms with E-state index in [0.29, 0.717) is 5.76 Å². The Kier molecular flexibility index (Phi) is 5.12. The van der Waals surface area contributed by atoms with Gasteiger partial charge in [-0.1, -0.05) is 32.6 Å². The second-order valence-corrected chi connectivity index (χ2v) is 5.39. The van der Waals surface area contributed by atoms with Gasteiger partial charge in [-0.25, -0.2) is 0 Å². The minimum atomic E-state index is -0.458. The highest BCUT2D eigenvalue weighted by Gasteiger charge is 2.15. The first-order valence-electron chi connectivity index (χ1n) is 7.31. The summed E-state index contributed by atoms with van der Waals surface area (Å²) in [4.78, 5) is 0. The van der Waals surface area contributed by atoms with Crippen molar-refractivity contribution in [1.29, 1.82) is 0 Å². The number of furan rings is 1. The maximum Gasteiger partial charge on any atom is 0.193 e. The standard InChI is InChI=1S/C15H25NO2/c1-2-6-13(17)14-9-10-15(18-14)16-11-12-7-4-3-5-8-12/h9-10,12-13,16-17H,2-8,11H2,1H3. The summed E-state index contributed by atoms with van der Waals surface area (Å²) in [6, 6.07) is 3.81. The van der Waals surface area contributed by atoms with E-state index in [-0.39, 0.29) is 0 Å². The van der Waals surface area contributed by atoms with Gasteiger partial charge < -0.3 is 14.8 Å². The van der Waals surface area contributed by atoms with Crippen LogP contribution in [-0.4, -0.2) is 11.7 Å². The van der Waals surface area contributed by atoms with Gasteiger partial charge in [0.15, 0.2) is 5.88 Å². The van der Waals surface area contributed by atoms with Gasteiger partial charge in [0.25, 0.3) is 0 Å². The Morgan fingerprint density at radius 3 is 2.83 bits per heavy atom. The van der Waals surface area contributed by atoms with E-state index in [1.165, 1.54) is 32.1 Å². The molecule has 0 spiro atoms. The highest BCUT2D eigenvalue weighted by molar-refractivity contribution is 5.32. The molecule has 18 heavy (non-hydrogen) atoms. The molecule has 102 valence electrons. The van der Waals surface area contributed by atoms with E-state index in [9.17, 15) is 5.11 Å². The van der Waals surface area contributed by atoms with E-state index in [1.54, 1.807) is 0 Å². The number of rotatable bonds is 6. The Morgan fingerprint density at radius 1 is 1.33 bits per heavy atom. The van der Waals surface area contributed by atoms with Crippen LogP contribution in [0.5, 0.6) is 0 Å². The van der Waals surface area contributed by atoms with Crippen molar-refractivity contribution >= 4 is 5.88 Å². The van der Waals surface area contributed by atoms with Crippen LogP contribution in [0.15, 0.2) is 16.5 Å². The Balaban J connectivity index is 1.79.